The fourth-order valence-electron chi connectivity index (χ4n) is 4.60. The summed E-state index contributed by atoms with van der Waals surface area (Å²) in [6.07, 6.45) is 0. The average Bonchev–Trinajstić information content (AvgIpc) is 3.66. The number of fused-ring (bicyclic) bond motifs is 4. The van der Waals surface area contributed by atoms with E-state index >= 15 is 0 Å². The van der Waals surface area contributed by atoms with Crippen LogP contribution in [0.5, 0.6) is 34.5 Å². The van der Waals surface area contributed by atoms with Crippen molar-refractivity contribution in [2.45, 2.75) is 9.79 Å². The number of sulfonamides is 1. The fourth-order valence-corrected chi connectivity index (χ4v) is 7.54. The van der Waals surface area contributed by atoms with E-state index in [1.54, 1.807) is 24.3 Å². The van der Waals surface area contributed by atoms with Crippen molar-refractivity contribution < 1.29 is 51.3 Å². The Morgan fingerprint density at radius 3 is 2.21 bits per heavy atom. The lowest BCUT2D eigenvalue weighted by Gasteiger charge is -2.26. The minimum absolute atomic E-state index is 0.00658. The molecule has 1 atom stereocenters. The van der Waals surface area contributed by atoms with Crippen LogP contribution in [-0.4, -0.2) is 44.4 Å². The van der Waals surface area contributed by atoms with Crippen molar-refractivity contribution >= 4 is 32.1 Å². The summed E-state index contributed by atoms with van der Waals surface area (Å²) in [6, 6.07) is 10.6. The number of carbonyl (C=O) groups is 1. The van der Waals surface area contributed by atoms with Crippen LogP contribution in [-0.2, 0) is 26.0 Å². The van der Waals surface area contributed by atoms with Gasteiger partial charge in [-0.2, -0.15) is 0 Å². The van der Waals surface area contributed by atoms with Gasteiger partial charge in [0.25, 0.3) is 10.0 Å². The minimum Gasteiger partial charge on any atom is -0.606 e. The summed E-state index contributed by atoms with van der Waals surface area (Å²) in [6.45, 7) is -0.203. The smallest absolute Gasteiger partial charge is 0.358 e. The Morgan fingerprint density at radius 2 is 1.47 bits per heavy atom. The zero-order valence-corrected chi connectivity index (χ0v) is 20.6. The first kappa shape index (κ1) is 22.9. The van der Waals surface area contributed by atoms with E-state index < -0.39 is 32.9 Å². The van der Waals surface area contributed by atoms with Gasteiger partial charge in [0, 0.05) is 22.8 Å². The van der Waals surface area contributed by atoms with E-state index in [1.165, 1.54) is 18.2 Å². The SMILES string of the molecule is O=C(O)C1=C([S+]([O-])c2ccc3c(c2)OCO3)c2cc3c(c(-c4ccc5c(c4)OCO5)c2S(=O)(=O)N1)OCO3. The highest BCUT2D eigenvalue weighted by molar-refractivity contribution is 8.01. The van der Waals surface area contributed by atoms with Crippen LogP contribution in [0.25, 0.3) is 16.0 Å². The Balaban J connectivity index is 1.50. The third kappa shape index (κ3) is 3.34. The van der Waals surface area contributed by atoms with Crippen LogP contribution in [0.2, 0.25) is 0 Å². The van der Waals surface area contributed by atoms with Gasteiger partial charge in [0.2, 0.25) is 20.4 Å². The lowest BCUT2D eigenvalue weighted by atomic mass is 9.99. The Labute approximate surface area is 217 Å². The summed E-state index contributed by atoms with van der Waals surface area (Å²) in [7, 11) is -4.48. The molecular weight excluding hydrogens is 542 g/mol. The van der Waals surface area contributed by atoms with E-state index in [4.69, 9.17) is 28.4 Å². The molecule has 0 spiro atoms. The molecule has 0 amide bonds. The van der Waals surface area contributed by atoms with Gasteiger partial charge in [0.15, 0.2) is 50.0 Å². The molecule has 4 aliphatic heterocycles. The molecule has 4 heterocycles. The van der Waals surface area contributed by atoms with E-state index in [9.17, 15) is 22.9 Å². The minimum atomic E-state index is -4.48. The Kier molecular flexibility index (Phi) is 4.89. The molecule has 0 bridgehead atoms. The maximum atomic E-state index is 13.9. The van der Waals surface area contributed by atoms with Gasteiger partial charge in [-0.3, -0.25) is 4.72 Å². The molecular formula is C24H15NO11S2. The van der Waals surface area contributed by atoms with Gasteiger partial charge < -0.3 is 38.1 Å². The molecule has 0 radical (unpaired) electrons. The molecule has 14 heteroatoms. The first-order valence-corrected chi connectivity index (χ1v) is 13.6. The molecule has 4 aliphatic rings. The number of hydrogen-bond donors (Lipinski definition) is 2. The molecule has 3 aromatic carbocycles. The molecule has 0 aromatic heterocycles. The molecule has 3 aromatic rings. The van der Waals surface area contributed by atoms with Crippen LogP contribution in [0.1, 0.15) is 5.56 Å². The Hall–Kier alpha value is -4.27. The first-order valence-electron chi connectivity index (χ1n) is 11.0. The van der Waals surface area contributed by atoms with Gasteiger partial charge in [0.1, 0.15) is 4.90 Å². The maximum absolute atomic E-state index is 13.9. The van der Waals surface area contributed by atoms with E-state index in [-0.39, 0.29) is 57.7 Å². The fraction of sp³-hybridized carbons (Fsp3) is 0.125. The highest BCUT2D eigenvalue weighted by atomic mass is 32.2. The molecule has 2 N–H and O–H groups in total. The molecule has 0 aliphatic carbocycles. The number of ether oxygens (including phenoxy) is 6. The van der Waals surface area contributed by atoms with Crippen molar-refractivity contribution in [1.82, 2.24) is 4.72 Å². The van der Waals surface area contributed by atoms with E-state index in [0.717, 1.165) is 0 Å². The van der Waals surface area contributed by atoms with Crippen LogP contribution in [0.4, 0.5) is 0 Å². The third-order valence-corrected chi connectivity index (χ3v) is 9.12. The van der Waals surface area contributed by atoms with Gasteiger partial charge in [-0.1, -0.05) is 6.07 Å². The second-order valence-electron chi connectivity index (χ2n) is 8.33. The summed E-state index contributed by atoms with van der Waals surface area (Å²) in [5.41, 5.74) is -0.367. The Morgan fingerprint density at radius 1 is 0.842 bits per heavy atom. The average molecular weight is 558 g/mol. The maximum Gasteiger partial charge on any atom is 0.358 e. The molecule has 7 rings (SSSR count). The van der Waals surface area contributed by atoms with Crippen molar-refractivity contribution in [2.24, 2.45) is 0 Å². The van der Waals surface area contributed by atoms with Crippen LogP contribution in [0.3, 0.4) is 0 Å². The second kappa shape index (κ2) is 8.11. The number of benzene rings is 3. The van der Waals surface area contributed by atoms with Crippen molar-refractivity contribution in [3.05, 3.63) is 53.7 Å². The van der Waals surface area contributed by atoms with Crippen molar-refractivity contribution in [1.29, 1.82) is 0 Å². The standard InChI is InChI=1S/C24H15NO11S2/c26-24(27)20-22(37(28)12-2-4-15-17(6-12)34-9-32-15)13-7-18-21(36-10-35-18)19(23(13)38(29,30)25-20)11-1-3-14-16(5-11)33-8-31-14/h1-7,25H,8-10H2,(H,26,27). The third-order valence-electron chi connectivity index (χ3n) is 6.21. The van der Waals surface area contributed by atoms with E-state index in [0.29, 0.717) is 28.6 Å². The highest BCUT2D eigenvalue weighted by Gasteiger charge is 2.44. The number of rotatable bonds is 4. The van der Waals surface area contributed by atoms with E-state index in [2.05, 4.69) is 4.72 Å². The van der Waals surface area contributed by atoms with Crippen LogP contribution in [0.15, 0.2) is 58.0 Å². The predicted molar refractivity (Wildman–Crippen MR) is 128 cm³/mol. The lowest BCUT2D eigenvalue weighted by molar-refractivity contribution is -0.132. The zero-order valence-electron chi connectivity index (χ0n) is 19.0. The predicted octanol–water partition coefficient (Wildman–Crippen LogP) is 2.39. The largest absolute Gasteiger partial charge is 0.606 e. The summed E-state index contributed by atoms with van der Waals surface area (Å²) in [4.78, 5) is 11.9. The van der Waals surface area contributed by atoms with Gasteiger partial charge >= 0.3 is 5.97 Å². The number of carboxylic acids is 1. The van der Waals surface area contributed by atoms with Crippen LogP contribution < -0.4 is 33.1 Å². The van der Waals surface area contributed by atoms with Gasteiger partial charge in [-0.05, 0) is 35.9 Å². The van der Waals surface area contributed by atoms with Crippen molar-refractivity contribution in [3.8, 4) is 45.6 Å². The monoisotopic (exact) mass is 557 g/mol. The summed E-state index contributed by atoms with van der Waals surface area (Å²) < 4.78 is 75.9. The molecule has 38 heavy (non-hydrogen) atoms. The summed E-state index contributed by atoms with van der Waals surface area (Å²) in [5.74, 6) is 0.336. The molecule has 0 saturated carbocycles. The Bertz CT molecular complexity index is 1700. The molecule has 12 nitrogen and oxygen atoms in total. The summed E-state index contributed by atoms with van der Waals surface area (Å²) >= 11 is -2.17. The molecule has 0 fully saturated rings. The van der Waals surface area contributed by atoms with Gasteiger partial charge in [-0.15, -0.1) is 0 Å². The lowest BCUT2D eigenvalue weighted by Crippen LogP contribution is -2.35. The quantitative estimate of drug-likeness (QED) is 0.453. The molecule has 194 valence electrons. The van der Waals surface area contributed by atoms with Crippen LogP contribution >= 0.6 is 0 Å². The number of aliphatic carboxylic acids is 1. The second-order valence-corrected chi connectivity index (χ2v) is 11.4. The number of nitrogens with one attached hydrogen (secondary N) is 1. The topological polar surface area (TPSA) is 162 Å². The zero-order chi connectivity index (χ0) is 26.2. The van der Waals surface area contributed by atoms with Crippen molar-refractivity contribution in [3.63, 3.8) is 0 Å². The normalized spacial score (nSPS) is 18.1. The van der Waals surface area contributed by atoms with Crippen molar-refractivity contribution in [2.75, 3.05) is 20.4 Å². The number of hydrogen-bond acceptors (Lipinski definition) is 10. The molecule has 1 unspecified atom stereocenters. The summed E-state index contributed by atoms with van der Waals surface area (Å²) in [5, 5.41) is 9.95. The number of carboxylic acid groups (broad SMARTS) is 1. The van der Waals surface area contributed by atoms with Gasteiger partial charge in [0.05, 0.1) is 5.56 Å². The van der Waals surface area contributed by atoms with Crippen LogP contribution in [0, 0.1) is 0 Å². The molecule has 0 saturated heterocycles. The van der Waals surface area contributed by atoms with Gasteiger partial charge in [-0.25, -0.2) is 13.2 Å². The highest BCUT2D eigenvalue weighted by Crippen LogP contribution is 2.53. The van der Waals surface area contributed by atoms with E-state index in [1.807, 2.05) is 0 Å². The first-order chi connectivity index (χ1) is 18.3.